The van der Waals surface area contributed by atoms with Gasteiger partial charge < -0.3 is 20.5 Å². The second-order valence-corrected chi connectivity index (χ2v) is 7.20. The number of aromatic amines is 1. The van der Waals surface area contributed by atoms with E-state index in [0.717, 1.165) is 54.9 Å². The van der Waals surface area contributed by atoms with E-state index in [1.165, 1.54) is 0 Å². The SMILES string of the molecule is CCC(Nc1ccccc1)C(=O)NC1CCCN(c2ncnc3[nH]ccc23)C1. The molecule has 3 N–H and O–H groups in total. The van der Waals surface area contributed by atoms with Crippen molar-refractivity contribution < 1.29 is 4.79 Å². The molecule has 7 heteroatoms. The summed E-state index contributed by atoms with van der Waals surface area (Å²) < 4.78 is 0. The normalized spacial score (nSPS) is 18.0. The number of amides is 1. The Kier molecular flexibility index (Phi) is 5.41. The highest BCUT2D eigenvalue weighted by atomic mass is 16.2. The fraction of sp³-hybridized carbons (Fsp3) is 0.381. The van der Waals surface area contributed by atoms with Crippen molar-refractivity contribution in [1.29, 1.82) is 0 Å². The molecule has 4 rings (SSSR count). The van der Waals surface area contributed by atoms with E-state index in [2.05, 4.69) is 30.5 Å². The zero-order chi connectivity index (χ0) is 19.3. The van der Waals surface area contributed by atoms with Gasteiger partial charge in [-0.05, 0) is 37.5 Å². The number of hydrogen-bond donors (Lipinski definition) is 3. The summed E-state index contributed by atoms with van der Waals surface area (Å²) in [5.41, 5.74) is 1.81. The molecule has 3 heterocycles. The number of H-pyrrole nitrogens is 1. The van der Waals surface area contributed by atoms with Gasteiger partial charge in [-0.25, -0.2) is 9.97 Å². The van der Waals surface area contributed by atoms with E-state index in [1.807, 2.05) is 49.5 Å². The molecule has 7 nitrogen and oxygen atoms in total. The number of rotatable bonds is 6. The number of nitrogens with zero attached hydrogens (tertiary/aromatic N) is 3. The van der Waals surface area contributed by atoms with E-state index < -0.39 is 0 Å². The molecule has 1 aliphatic rings. The maximum absolute atomic E-state index is 12.8. The number of benzene rings is 1. The zero-order valence-electron chi connectivity index (χ0n) is 16.1. The second kappa shape index (κ2) is 8.29. The van der Waals surface area contributed by atoms with Crippen LogP contribution in [-0.4, -0.2) is 46.0 Å². The highest BCUT2D eigenvalue weighted by molar-refractivity contribution is 5.87. The molecular formula is C21H26N6O. The highest BCUT2D eigenvalue weighted by Gasteiger charge is 2.26. The summed E-state index contributed by atoms with van der Waals surface area (Å²) in [7, 11) is 0. The Morgan fingerprint density at radius 2 is 2.14 bits per heavy atom. The van der Waals surface area contributed by atoms with Crippen LogP contribution < -0.4 is 15.5 Å². The number of carbonyl (C=O) groups excluding carboxylic acids is 1. The van der Waals surface area contributed by atoms with Gasteiger partial charge in [0.15, 0.2) is 0 Å². The minimum Gasteiger partial charge on any atom is -0.374 e. The summed E-state index contributed by atoms with van der Waals surface area (Å²) in [6.07, 6.45) is 6.20. The van der Waals surface area contributed by atoms with Crippen LogP contribution in [0.25, 0.3) is 11.0 Å². The lowest BCUT2D eigenvalue weighted by molar-refractivity contribution is -0.122. The summed E-state index contributed by atoms with van der Waals surface area (Å²) in [5.74, 6) is 0.979. The Morgan fingerprint density at radius 1 is 1.29 bits per heavy atom. The third-order valence-corrected chi connectivity index (χ3v) is 5.24. The molecule has 1 amide bonds. The topological polar surface area (TPSA) is 85.9 Å². The van der Waals surface area contributed by atoms with Gasteiger partial charge in [-0.15, -0.1) is 0 Å². The van der Waals surface area contributed by atoms with Gasteiger partial charge in [0.2, 0.25) is 5.91 Å². The predicted molar refractivity (Wildman–Crippen MR) is 111 cm³/mol. The first-order valence-corrected chi connectivity index (χ1v) is 9.89. The highest BCUT2D eigenvalue weighted by Crippen LogP contribution is 2.25. The quantitative estimate of drug-likeness (QED) is 0.614. The molecule has 1 aliphatic heterocycles. The largest absolute Gasteiger partial charge is 0.374 e. The molecule has 1 aromatic carbocycles. The smallest absolute Gasteiger partial charge is 0.242 e. The summed E-state index contributed by atoms with van der Waals surface area (Å²) >= 11 is 0. The van der Waals surface area contributed by atoms with E-state index in [0.29, 0.717) is 0 Å². The molecule has 1 fully saturated rings. The van der Waals surface area contributed by atoms with E-state index in [1.54, 1.807) is 6.33 Å². The van der Waals surface area contributed by atoms with E-state index >= 15 is 0 Å². The number of aromatic nitrogens is 3. The van der Waals surface area contributed by atoms with Crippen molar-refractivity contribution in [2.75, 3.05) is 23.3 Å². The van der Waals surface area contributed by atoms with Gasteiger partial charge in [0.05, 0.1) is 5.39 Å². The van der Waals surface area contributed by atoms with Crippen molar-refractivity contribution in [3.05, 3.63) is 48.9 Å². The number of fused-ring (bicyclic) bond motifs is 1. The predicted octanol–water partition coefficient (Wildman–Crippen LogP) is 2.93. The Balaban J connectivity index is 1.41. The molecule has 146 valence electrons. The number of piperidine rings is 1. The van der Waals surface area contributed by atoms with Crippen molar-refractivity contribution in [2.45, 2.75) is 38.3 Å². The van der Waals surface area contributed by atoms with Gasteiger partial charge in [0, 0.05) is 31.0 Å². The standard InChI is InChI=1S/C21H26N6O/c1-2-18(25-15-7-4-3-5-8-15)21(28)26-16-9-6-12-27(13-16)20-17-10-11-22-19(17)23-14-24-20/h3-5,7-8,10-11,14,16,18,25H,2,6,9,12-13H2,1H3,(H,26,28)(H,22,23,24). The fourth-order valence-corrected chi connectivity index (χ4v) is 3.79. The van der Waals surface area contributed by atoms with Gasteiger partial charge in [-0.3, -0.25) is 4.79 Å². The van der Waals surface area contributed by atoms with Crippen LogP contribution in [0.1, 0.15) is 26.2 Å². The van der Waals surface area contributed by atoms with E-state index in [9.17, 15) is 4.79 Å². The van der Waals surface area contributed by atoms with Crippen molar-refractivity contribution in [1.82, 2.24) is 20.3 Å². The molecule has 2 atom stereocenters. The summed E-state index contributed by atoms with van der Waals surface area (Å²) in [6.45, 7) is 3.71. The maximum atomic E-state index is 12.8. The summed E-state index contributed by atoms with van der Waals surface area (Å²) in [4.78, 5) is 27.0. The number of carbonyl (C=O) groups is 1. The molecule has 2 aromatic heterocycles. The molecular weight excluding hydrogens is 352 g/mol. The molecule has 0 aliphatic carbocycles. The van der Waals surface area contributed by atoms with Crippen LogP contribution >= 0.6 is 0 Å². The van der Waals surface area contributed by atoms with Crippen LogP contribution in [0.2, 0.25) is 0 Å². The molecule has 0 spiro atoms. The minimum atomic E-state index is -0.242. The first-order chi connectivity index (χ1) is 13.7. The first kappa shape index (κ1) is 18.3. The Labute approximate surface area is 164 Å². The molecule has 2 unspecified atom stereocenters. The van der Waals surface area contributed by atoms with Gasteiger partial charge in [0.1, 0.15) is 23.8 Å². The lowest BCUT2D eigenvalue weighted by Crippen LogP contribution is -2.51. The molecule has 3 aromatic rings. The van der Waals surface area contributed by atoms with Crippen LogP contribution in [0.4, 0.5) is 11.5 Å². The van der Waals surface area contributed by atoms with Crippen LogP contribution in [0.3, 0.4) is 0 Å². The molecule has 0 saturated carbocycles. The zero-order valence-corrected chi connectivity index (χ0v) is 16.1. The minimum absolute atomic E-state index is 0.0488. The van der Waals surface area contributed by atoms with Crippen molar-refractivity contribution in [3.8, 4) is 0 Å². The van der Waals surface area contributed by atoms with Gasteiger partial charge in [0.25, 0.3) is 0 Å². The third kappa shape index (κ3) is 3.93. The number of hydrogen-bond acceptors (Lipinski definition) is 5. The average Bonchev–Trinajstić information content (AvgIpc) is 3.22. The lowest BCUT2D eigenvalue weighted by atomic mass is 10.0. The molecule has 0 bridgehead atoms. The first-order valence-electron chi connectivity index (χ1n) is 9.89. The van der Waals surface area contributed by atoms with Crippen molar-refractivity contribution in [2.24, 2.45) is 0 Å². The molecule has 1 saturated heterocycles. The van der Waals surface area contributed by atoms with E-state index in [4.69, 9.17) is 0 Å². The van der Waals surface area contributed by atoms with Crippen LogP contribution in [0.15, 0.2) is 48.9 Å². The van der Waals surface area contributed by atoms with Crippen LogP contribution in [0.5, 0.6) is 0 Å². The third-order valence-electron chi connectivity index (χ3n) is 5.24. The molecule has 28 heavy (non-hydrogen) atoms. The van der Waals surface area contributed by atoms with Crippen molar-refractivity contribution in [3.63, 3.8) is 0 Å². The summed E-state index contributed by atoms with van der Waals surface area (Å²) in [6, 6.07) is 11.7. The number of anilines is 2. The van der Waals surface area contributed by atoms with Gasteiger partial charge in [-0.1, -0.05) is 25.1 Å². The fourth-order valence-electron chi connectivity index (χ4n) is 3.79. The van der Waals surface area contributed by atoms with E-state index in [-0.39, 0.29) is 18.0 Å². The average molecular weight is 378 g/mol. The number of nitrogens with one attached hydrogen (secondary N) is 3. The maximum Gasteiger partial charge on any atom is 0.242 e. The number of para-hydroxylation sites is 1. The Hall–Kier alpha value is -3.09. The summed E-state index contributed by atoms with van der Waals surface area (Å²) in [5, 5.41) is 7.59. The molecule has 0 radical (unpaired) electrons. The Morgan fingerprint density at radius 3 is 2.96 bits per heavy atom. The van der Waals surface area contributed by atoms with Crippen molar-refractivity contribution >= 4 is 28.4 Å². The van der Waals surface area contributed by atoms with Crippen LogP contribution in [0, 0.1) is 0 Å². The Bertz CT molecular complexity index is 925. The van der Waals surface area contributed by atoms with Gasteiger partial charge >= 0.3 is 0 Å². The van der Waals surface area contributed by atoms with Gasteiger partial charge in [-0.2, -0.15) is 0 Å². The second-order valence-electron chi connectivity index (χ2n) is 7.20. The van der Waals surface area contributed by atoms with Crippen LogP contribution in [-0.2, 0) is 4.79 Å². The lowest BCUT2D eigenvalue weighted by Gasteiger charge is -2.35. The monoisotopic (exact) mass is 378 g/mol.